The van der Waals surface area contributed by atoms with Crippen LogP contribution in [0.3, 0.4) is 0 Å². The molecule has 0 bridgehead atoms. The molecule has 0 unspecified atom stereocenters. The van der Waals surface area contributed by atoms with E-state index in [1.807, 2.05) is 0 Å². The van der Waals surface area contributed by atoms with Crippen LogP contribution in [0.1, 0.15) is 105 Å². The van der Waals surface area contributed by atoms with Crippen molar-refractivity contribution in [2.24, 2.45) is 52.3 Å². The first-order valence-corrected chi connectivity index (χ1v) is 13.0. The van der Waals surface area contributed by atoms with E-state index >= 15 is 0 Å². The zero-order chi connectivity index (χ0) is 21.0. The van der Waals surface area contributed by atoms with Crippen LogP contribution >= 0.6 is 0 Å². The molecule has 4 aliphatic rings. The molecule has 0 heterocycles. The van der Waals surface area contributed by atoms with E-state index in [1.54, 1.807) is 0 Å². The fourth-order valence-corrected chi connectivity index (χ4v) is 9.34. The summed E-state index contributed by atoms with van der Waals surface area (Å²) in [4.78, 5) is 0. The summed E-state index contributed by atoms with van der Waals surface area (Å²) in [6.45, 7) is 12.4. The zero-order valence-corrected chi connectivity index (χ0v) is 19.9. The van der Waals surface area contributed by atoms with Crippen LogP contribution in [0.4, 0.5) is 0 Å². The van der Waals surface area contributed by atoms with Crippen LogP contribution in [0.5, 0.6) is 0 Å². The Balaban J connectivity index is 1.48. The van der Waals surface area contributed by atoms with Crippen molar-refractivity contribution in [1.82, 2.24) is 0 Å². The lowest BCUT2D eigenvalue weighted by molar-refractivity contribution is -0.174. The number of rotatable bonds is 5. The van der Waals surface area contributed by atoms with Crippen molar-refractivity contribution < 1.29 is 10.2 Å². The van der Waals surface area contributed by atoms with Crippen LogP contribution in [-0.2, 0) is 0 Å². The molecule has 0 radical (unpaired) electrons. The van der Waals surface area contributed by atoms with E-state index in [2.05, 4.69) is 34.6 Å². The van der Waals surface area contributed by atoms with Gasteiger partial charge in [0.1, 0.15) is 0 Å². The molecule has 0 aromatic rings. The maximum absolute atomic E-state index is 10.8. The van der Waals surface area contributed by atoms with Crippen LogP contribution in [0.15, 0.2) is 0 Å². The van der Waals surface area contributed by atoms with E-state index in [9.17, 15) is 10.2 Å². The van der Waals surface area contributed by atoms with Crippen LogP contribution in [0.25, 0.3) is 0 Å². The van der Waals surface area contributed by atoms with E-state index in [0.29, 0.717) is 11.3 Å². The summed E-state index contributed by atoms with van der Waals surface area (Å²) in [5.74, 6) is 5.50. The van der Waals surface area contributed by atoms with E-state index < -0.39 is 12.2 Å². The molecule has 0 aromatic heterocycles. The van der Waals surface area contributed by atoms with Crippen LogP contribution in [-0.4, -0.2) is 22.4 Å². The maximum atomic E-state index is 10.8. The molecule has 168 valence electrons. The standard InChI is InChI=1S/C27H48O2/c1-17(2)7-6-8-18(3)20-11-12-21-19-9-10-23-25(29)24(28)14-16-27(23,5)22(19)13-15-26(20,21)4/h17-25,28-29H,6-16H2,1-5H3/t18-,19+,20+,21-,22+,23+,24-,25+,26+,27-/m1/s1. The topological polar surface area (TPSA) is 40.5 Å². The third kappa shape index (κ3) is 3.63. The fraction of sp³-hybridized carbons (Fsp3) is 1.00. The first kappa shape index (κ1) is 22.1. The highest BCUT2D eigenvalue weighted by Gasteiger charge is 2.61. The Hall–Kier alpha value is -0.0800. The predicted molar refractivity (Wildman–Crippen MR) is 120 cm³/mol. The average Bonchev–Trinajstić information content (AvgIpc) is 3.02. The van der Waals surface area contributed by atoms with Gasteiger partial charge in [0.2, 0.25) is 0 Å². The minimum atomic E-state index is -0.486. The summed E-state index contributed by atoms with van der Waals surface area (Å²) in [5.41, 5.74) is 0.804. The van der Waals surface area contributed by atoms with E-state index in [-0.39, 0.29) is 5.41 Å². The molecule has 4 aliphatic carbocycles. The van der Waals surface area contributed by atoms with Gasteiger partial charge in [-0.05, 0) is 104 Å². The molecule has 4 rings (SSSR count). The summed E-state index contributed by atoms with van der Waals surface area (Å²) < 4.78 is 0. The molecule has 0 aromatic carbocycles. The largest absolute Gasteiger partial charge is 0.390 e. The average molecular weight is 405 g/mol. The van der Waals surface area contributed by atoms with Crippen molar-refractivity contribution in [3.63, 3.8) is 0 Å². The summed E-state index contributed by atoms with van der Waals surface area (Å²) in [6, 6.07) is 0. The number of aliphatic hydroxyl groups excluding tert-OH is 2. The van der Waals surface area contributed by atoms with E-state index in [1.165, 1.54) is 51.4 Å². The Morgan fingerprint density at radius 3 is 2.14 bits per heavy atom. The van der Waals surface area contributed by atoms with Crippen molar-refractivity contribution in [1.29, 1.82) is 0 Å². The van der Waals surface area contributed by atoms with Gasteiger partial charge < -0.3 is 10.2 Å². The fourth-order valence-electron chi connectivity index (χ4n) is 9.34. The zero-order valence-electron chi connectivity index (χ0n) is 19.9. The second-order valence-electron chi connectivity index (χ2n) is 12.7. The highest BCUT2D eigenvalue weighted by Crippen LogP contribution is 2.68. The summed E-state index contributed by atoms with van der Waals surface area (Å²) in [5, 5.41) is 21.0. The van der Waals surface area contributed by atoms with Crippen LogP contribution in [0, 0.1) is 52.3 Å². The Labute approximate surface area is 180 Å². The normalized spacial score (nSPS) is 50.7. The van der Waals surface area contributed by atoms with Gasteiger partial charge in [0, 0.05) is 0 Å². The van der Waals surface area contributed by atoms with Crippen molar-refractivity contribution in [3.05, 3.63) is 0 Å². The number of hydrogen-bond acceptors (Lipinski definition) is 2. The lowest BCUT2D eigenvalue weighted by atomic mass is 9.44. The van der Waals surface area contributed by atoms with Gasteiger partial charge >= 0.3 is 0 Å². The molecular weight excluding hydrogens is 356 g/mol. The minimum absolute atomic E-state index is 0.254. The molecule has 0 spiro atoms. The maximum Gasteiger partial charge on any atom is 0.0832 e. The van der Waals surface area contributed by atoms with Gasteiger partial charge in [-0.25, -0.2) is 0 Å². The van der Waals surface area contributed by atoms with Gasteiger partial charge in [0.25, 0.3) is 0 Å². The second-order valence-corrected chi connectivity index (χ2v) is 12.7. The van der Waals surface area contributed by atoms with Crippen molar-refractivity contribution in [2.45, 2.75) is 117 Å². The van der Waals surface area contributed by atoms with E-state index in [0.717, 1.165) is 54.8 Å². The Kier molecular flexibility index (Phi) is 6.19. The van der Waals surface area contributed by atoms with Crippen LogP contribution in [0.2, 0.25) is 0 Å². The van der Waals surface area contributed by atoms with Gasteiger partial charge in [0.15, 0.2) is 0 Å². The number of fused-ring (bicyclic) bond motifs is 5. The lowest BCUT2D eigenvalue weighted by Gasteiger charge is -2.62. The summed E-state index contributed by atoms with van der Waals surface area (Å²) >= 11 is 0. The first-order chi connectivity index (χ1) is 13.7. The number of aliphatic hydroxyl groups is 2. The van der Waals surface area contributed by atoms with E-state index in [4.69, 9.17) is 0 Å². The minimum Gasteiger partial charge on any atom is -0.390 e. The summed E-state index contributed by atoms with van der Waals surface area (Å²) in [6.07, 6.45) is 13.3. The van der Waals surface area contributed by atoms with Gasteiger partial charge in [0.05, 0.1) is 12.2 Å². The molecule has 2 nitrogen and oxygen atoms in total. The molecule has 0 aliphatic heterocycles. The molecule has 2 N–H and O–H groups in total. The Bertz CT molecular complexity index is 573. The smallest absolute Gasteiger partial charge is 0.0832 e. The molecule has 4 saturated carbocycles. The molecule has 29 heavy (non-hydrogen) atoms. The molecule has 4 fully saturated rings. The molecular formula is C27H48O2. The SMILES string of the molecule is CC(C)CCC[C@@H](C)[C@@H]1CC[C@@H]2[C@@H]3CC[C@H]4[C@H](O)[C@H](O)CC[C@]4(C)[C@H]3CC[C@]21C. The van der Waals surface area contributed by atoms with Gasteiger partial charge in [-0.2, -0.15) is 0 Å². The van der Waals surface area contributed by atoms with Crippen LogP contribution < -0.4 is 0 Å². The molecule has 0 saturated heterocycles. The predicted octanol–water partition coefficient (Wildman–Crippen LogP) is 6.44. The highest BCUT2D eigenvalue weighted by atomic mass is 16.3. The van der Waals surface area contributed by atoms with Gasteiger partial charge in [-0.1, -0.05) is 53.9 Å². The van der Waals surface area contributed by atoms with Gasteiger partial charge in [-0.15, -0.1) is 0 Å². The summed E-state index contributed by atoms with van der Waals surface area (Å²) in [7, 11) is 0. The molecule has 2 heteroatoms. The monoisotopic (exact) mass is 404 g/mol. The second kappa shape index (κ2) is 8.12. The van der Waals surface area contributed by atoms with Gasteiger partial charge in [-0.3, -0.25) is 0 Å². The first-order valence-electron chi connectivity index (χ1n) is 13.0. The number of hydrogen-bond donors (Lipinski definition) is 2. The Morgan fingerprint density at radius 1 is 0.759 bits per heavy atom. The van der Waals surface area contributed by atoms with Crippen molar-refractivity contribution in [2.75, 3.05) is 0 Å². The third-order valence-corrected chi connectivity index (χ3v) is 10.9. The quantitative estimate of drug-likeness (QED) is 0.553. The van der Waals surface area contributed by atoms with Crippen molar-refractivity contribution in [3.8, 4) is 0 Å². The Morgan fingerprint density at radius 2 is 1.41 bits per heavy atom. The van der Waals surface area contributed by atoms with Crippen molar-refractivity contribution >= 4 is 0 Å². The third-order valence-electron chi connectivity index (χ3n) is 10.9. The molecule has 0 amide bonds. The lowest BCUT2D eigenvalue weighted by Crippen LogP contribution is -2.58. The highest BCUT2D eigenvalue weighted by molar-refractivity contribution is 5.11. The molecule has 10 atom stereocenters.